The Hall–Kier alpha value is -3.35. The normalized spacial score (nSPS) is 14.4. The molecule has 3 rings (SSSR count). The van der Waals surface area contributed by atoms with Gasteiger partial charge in [0.25, 0.3) is 0 Å². The molecule has 2 aromatic rings. The van der Waals surface area contributed by atoms with E-state index in [4.69, 9.17) is 4.74 Å². The topological polar surface area (TPSA) is 105 Å². The van der Waals surface area contributed by atoms with Crippen molar-refractivity contribution in [3.8, 4) is 11.1 Å². The molecule has 0 radical (unpaired) electrons. The zero-order valence-corrected chi connectivity index (χ0v) is 17.2. The molecule has 7 nitrogen and oxygen atoms in total. The Balaban J connectivity index is 1.60. The van der Waals surface area contributed by atoms with Gasteiger partial charge in [-0.3, -0.25) is 4.79 Å². The number of carbonyl (C=O) groups is 3. The lowest BCUT2D eigenvalue weighted by Gasteiger charge is -2.21. The Morgan fingerprint density at radius 3 is 1.97 bits per heavy atom. The number of carboxylic acids is 1. The van der Waals surface area contributed by atoms with Gasteiger partial charge in [-0.2, -0.15) is 0 Å². The van der Waals surface area contributed by atoms with Crippen LogP contribution in [-0.4, -0.2) is 41.8 Å². The second kappa shape index (κ2) is 8.98. The predicted octanol–water partition coefficient (Wildman–Crippen LogP) is 3.14. The van der Waals surface area contributed by atoms with Crippen LogP contribution in [0.5, 0.6) is 0 Å². The largest absolute Gasteiger partial charge is 0.480 e. The number of rotatable bonds is 7. The molecule has 0 bridgehead atoms. The Labute approximate surface area is 175 Å². The van der Waals surface area contributed by atoms with Crippen LogP contribution in [0, 0.1) is 5.92 Å². The first-order valence-corrected chi connectivity index (χ1v) is 9.94. The highest BCUT2D eigenvalue weighted by Gasteiger charge is 2.30. The van der Waals surface area contributed by atoms with E-state index in [1.165, 1.54) is 6.92 Å². The second-order valence-electron chi connectivity index (χ2n) is 7.76. The third kappa shape index (κ3) is 4.45. The molecule has 0 unspecified atom stereocenters. The smallest absolute Gasteiger partial charge is 0.407 e. The van der Waals surface area contributed by atoms with E-state index in [2.05, 4.69) is 10.6 Å². The summed E-state index contributed by atoms with van der Waals surface area (Å²) in [6.45, 7) is 5.01. The van der Waals surface area contributed by atoms with Gasteiger partial charge in [-0.1, -0.05) is 62.4 Å². The van der Waals surface area contributed by atoms with Crippen LogP contribution in [-0.2, 0) is 14.3 Å². The van der Waals surface area contributed by atoms with Crippen LogP contribution in [0.4, 0.5) is 4.79 Å². The number of nitrogens with one attached hydrogen (secondary N) is 2. The SMILES string of the molecule is CC(C)[C@H](NC(=O)[C@@H](C)NC(=O)OCC1c2ccccc2-c2ccccc21)C(=O)O. The van der Waals surface area contributed by atoms with Gasteiger partial charge in [-0.15, -0.1) is 0 Å². The number of hydrogen-bond acceptors (Lipinski definition) is 4. The Morgan fingerprint density at radius 1 is 0.933 bits per heavy atom. The molecule has 1 aliphatic carbocycles. The minimum absolute atomic E-state index is 0.0791. The number of ether oxygens (including phenoxy) is 1. The highest BCUT2D eigenvalue weighted by Crippen LogP contribution is 2.44. The summed E-state index contributed by atoms with van der Waals surface area (Å²) < 4.78 is 5.41. The number of carbonyl (C=O) groups excluding carboxylic acids is 2. The molecule has 1 aliphatic rings. The van der Waals surface area contributed by atoms with E-state index in [1.54, 1.807) is 13.8 Å². The van der Waals surface area contributed by atoms with Gasteiger partial charge in [0, 0.05) is 5.92 Å². The maximum atomic E-state index is 12.3. The minimum atomic E-state index is -1.12. The first-order chi connectivity index (χ1) is 14.3. The number of amides is 2. The van der Waals surface area contributed by atoms with Crippen LogP contribution in [0.25, 0.3) is 11.1 Å². The third-order valence-corrected chi connectivity index (χ3v) is 5.30. The lowest BCUT2D eigenvalue weighted by atomic mass is 9.98. The zero-order valence-electron chi connectivity index (χ0n) is 17.2. The molecule has 0 saturated heterocycles. The summed E-state index contributed by atoms with van der Waals surface area (Å²) in [7, 11) is 0. The fraction of sp³-hybridized carbons (Fsp3) is 0.348. The molecule has 158 valence electrons. The minimum Gasteiger partial charge on any atom is -0.480 e. The number of benzene rings is 2. The molecule has 2 atom stereocenters. The van der Waals surface area contributed by atoms with Crippen molar-refractivity contribution in [2.75, 3.05) is 6.61 Å². The molecule has 3 N–H and O–H groups in total. The Morgan fingerprint density at radius 2 is 1.47 bits per heavy atom. The number of hydrogen-bond donors (Lipinski definition) is 3. The van der Waals surface area contributed by atoms with Crippen molar-refractivity contribution in [2.24, 2.45) is 5.92 Å². The Kier molecular flexibility index (Phi) is 6.40. The van der Waals surface area contributed by atoms with Gasteiger partial charge < -0.3 is 20.5 Å². The fourth-order valence-electron chi connectivity index (χ4n) is 3.67. The average molecular weight is 410 g/mol. The van der Waals surface area contributed by atoms with Crippen LogP contribution in [0.1, 0.15) is 37.8 Å². The van der Waals surface area contributed by atoms with Gasteiger partial charge in [0.1, 0.15) is 18.7 Å². The lowest BCUT2D eigenvalue weighted by molar-refractivity contribution is -0.143. The van der Waals surface area contributed by atoms with Crippen molar-refractivity contribution in [3.63, 3.8) is 0 Å². The summed E-state index contributed by atoms with van der Waals surface area (Å²) in [5.74, 6) is -2.06. The summed E-state index contributed by atoms with van der Waals surface area (Å²) in [6.07, 6.45) is -0.726. The maximum absolute atomic E-state index is 12.3. The Bertz CT molecular complexity index is 911. The monoisotopic (exact) mass is 410 g/mol. The van der Waals surface area contributed by atoms with E-state index in [0.29, 0.717) is 0 Å². The standard InChI is InChI=1S/C23H26N2O5/c1-13(2)20(22(27)28)25-21(26)14(3)24-23(29)30-12-19-17-10-6-4-8-15(17)16-9-5-7-11-18(16)19/h4-11,13-14,19-20H,12H2,1-3H3,(H,24,29)(H,25,26)(H,27,28)/t14-,20+/m1/s1. The fourth-order valence-corrected chi connectivity index (χ4v) is 3.67. The number of carboxylic acid groups (broad SMARTS) is 1. The summed E-state index contributed by atoms with van der Waals surface area (Å²) in [5.41, 5.74) is 4.45. The first-order valence-electron chi connectivity index (χ1n) is 9.94. The number of alkyl carbamates (subject to hydrolysis) is 1. The van der Waals surface area contributed by atoms with Crippen molar-refractivity contribution in [1.29, 1.82) is 0 Å². The molecular formula is C23H26N2O5. The van der Waals surface area contributed by atoms with Crippen molar-refractivity contribution in [3.05, 3.63) is 59.7 Å². The highest BCUT2D eigenvalue weighted by atomic mass is 16.5. The van der Waals surface area contributed by atoms with Crippen molar-refractivity contribution < 1.29 is 24.2 Å². The second-order valence-corrected chi connectivity index (χ2v) is 7.76. The van der Waals surface area contributed by atoms with Gasteiger partial charge in [-0.25, -0.2) is 9.59 Å². The van der Waals surface area contributed by atoms with Crippen LogP contribution >= 0.6 is 0 Å². The molecular weight excluding hydrogens is 384 g/mol. The summed E-state index contributed by atoms with van der Waals surface area (Å²) in [5, 5.41) is 14.1. The third-order valence-electron chi connectivity index (χ3n) is 5.30. The quantitative estimate of drug-likeness (QED) is 0.650. The van der Waals surface area contributed by atoms with Gasteiger partial charge in [0.05, 0.1) is 0 Å². The molecule has 2 amide bonds. The molecule has 0 fully saturated rings. The number of fused-ring (bicyclic) bond motifs is 3. The van der Waals surface area contributed by atoms with E-state index >= 15 is 0 Å². The first kappa shape index (κ1) is 21.4. The molecule has 2 aromatic carbocycles. The summed E-state index contributed by atoms with van der Waals surface area (Å²) >= 11 is 0. The van der Waals surface area contributed by atoms with Crippen LogP contribution in [0.3, 0.4) is 0 Å². The molecule has 30 heavy (non-hydrogen) atoms. The van der Waals surface area contributed by atoms with Crippen LogP contribution < -0.4 is 10.6 Å². The number of aliphatic carboxylic acids is 1. The summed E-state index contributed by atoms with van der Waals surface area (Å²) in [4.78, 5) is 35.7. The van der Waals surface area contributed by atoms with Crippen LogP contribution in [0.15, 0.2) is 48.5 Å². The van der Waals surface area contributed by atoms with Crippen LogP contribution in [0.2, 0.25) is 0 Å². The molecule has 0 aromatic heterocycles. The van der Waals surface area contributed by atoms with E-state index in [9.17, 15) is 19.5 Å². The van der Waals surface area contributed by atoms with Crippen molar-refractivity contribution >= 4 is 18.0 Å². The van der Waals surface area contributed by atoms with Gasteiger partial charge in [0.15, 0.2) is 0 Å². The van der Waals surface area contributed by atoms with Gasteiger partial charge >= 0.3 is 12.1 Å². The van der Waals surface area contributed by atoms with Crippen molar-refractivity contribution in [2.45, 2.75) is 38.8 Å². The average Bonchev–Trinajstić information content (AvgIpc) is 3.03. The zero-order chi connectivity index (χ0) is 21.8. The summed E-state index contributed by atoms with van der Waals surface area (Å²) in [6, 6.07) is 14.1. The lowest BCUT2D eigenvalue weighted by Crippen LogP contribution is -2.52. The highest BCUT2D eigenvalue weighted by molar-refractivity contribution is 5.89. The van der Waals surface area contributed by atoms with E-state index in [0.717, 1.165) is 22.3 Å². The predicted molar refractivity (Wildman–Crippen MR) is 112 cm³/mol. The van der Waals surface area contributed by atoms with E-state index < -0.39 is 30.1 Å². The van der Waals surface area contributed by atoms with Gasteiger partial charge in [-0.05, 0) is 35.1 Å². The van der Waals surface area contributed by atoms with Crippen molar-refractivity contribution in [1.82, 2.24) is 10.6 Å². The molecule has 0 aliphatic heterocycles. The van der Waals surface area contributed by atoms with E-state index in [-0.39, 0.29) is 18.4 Å². The molecule has 7 heteroatoms. The molecule has 0 heterocycles. The molecule has 0 saturated carbocycles. The molecule has 0 spiro atoms. The van der Waals surface area contributed by atoms with E-state index in [1.807, 2.05) is 48.5 Å². The van der Waals surface area contributed by atoms with Gasteiger partial charge in [0.2, 0.25) is 5.91 Å². The maximum Gasteiger partial charge on any atom is 0.407 e.